The number of aromatic nitrogens is 3. The van der Waals surface area contributed by atoms with Crippen LogP contribution in [0.4, 0.5) is 4.39 Å². The van der Waals surface area contributed by atoms with Crippen LogP contribution in [0.3, 0.4) is 0 Å². The van der Waals surface area contributed by atoms with Gasteiger partial charge in [-0.25, -0.2) is 9.37 Å². The maximum Gasteiger partial charge on any atom is 0.240 e. The van der Waals surface area contributed by atoms with Gasteiger partial charge in [0.2, 0.25) is 11.1 Å². The number of nitrogens with zero attached hydrogens (tertiary/aromatic N) is 3. The van der Waals surface area contributed by atoms with Crippen molar-refractivity contribution in [1.29, 1.82) is 0 Å². The molecule has 1 aromatic heterocycles. The van der Waals surface area contributed by atoms with Crippen LogP contribution in [0.1, 0.15) is 10.8 Å². The van der Waals surface area contributed by atoms with E-state index in [1.165, 1.54) is 22.7 Å². The summed E-state index contributed by atoms with van der Waals surface area (Å²) in [5, 5.41) is 6.79. The van der Waals surface area contributed by atoms with Crippen molar-refractivity contribution >= 4 is 17.7 Å². The number of H-pyrrole nitrogens is 1. The maximum absolute atomic E-state index is 13.9. The number of carbonyl (C=O) groups excluding carboxylic acids is 1. The SMILES string of the molecule is CN(C)C(=O)[C@H](Sc1n[nH]c(-c2ccccc2F)n1)c1ccccc1. The molecule has 0 saturated carbocycles. The van der Waals surface area contributed by atoms with Crippen molar-refractivity contribution in [3.8, 4) is 11.4 Å². The Morgan fingerprint density at radius 2 is 1.80 bits per heavy atom. The Morgan fingerprint density at radius 3 is 2.48 bits per heavy atom. The zero-order chi connectivity index (χ0) is 17.8. The third-order valence-electron chi connectivity index (χ3n) is 3.58. The first-order valence-electron chi connectivity index (χ1n) is 7.66. The number of benzene rings is 2. The Hall–Kier alpha value is -2.67. The normalized spacial score (nSPS) is 12.0. The van der Waals surface area contributed by atoms with Gasteiger partial charge in [-0.05, 0) is 17.7 Å². The van der Waals surface area contributed by atoms with Gasteiger partial charge in [-0.3, -0.25) is 9.89 Å². The molecular formula is C18H17FN4OS. The van der Waals surface area contributed by atoms with E-state index in [1.54, 1.807) is 32.3 Å². The minimum Gasteiger partial charge on any atom is -0.348 e. The first-order valence-corrected chi connectivity index (χ1v) is 8.54. The van der Waals surface area contributed by atoms with Crippen molar-refractivity contribution in [3.05, 3.63) is 66.0 Å². The Bertz CT molecular complexity index is 866. The number of hydrogen-bond acceptors (Lipinski definition) is 4. The highest BCUT2D eigenvalue weighted by Gasteiger charge is 2.25. The molecule has 0 saturated heterocycles. The number of amides is 1. The highest BCUT2D eigenvalue weighted by Crippen LogP contribution is 2.35. The van der Waals surface area contributed by atoms with Crippen molar-refractivity contribution in [2.75, 3.05) is 14.1 Å². The van der Waals surface area contributed by atoms with Gasteiger partial charge in [0.05, 0.1) is 5.56 Å². The van der Waals surface area contributed by atoms with Gasteiger partial charge in [0.15, 0.2) is 5.82 Å². The molecule has 0 aliphatic heterocycles. The molecule has 7 heteroatoms. The number of carbonyl (C=O) groups is 1. The summed E-state index contributed by atoms with van der Waals surface area (Å²) < 4.78 is 13.9. The lowest BCUT2D eigenvalue weighted by Gasteiger charge is -2.19. The Balaban J connectivity index is 1.88. The van der Waals surface area contributed by atoms with Crippen molar-refractivity contribution in [2.45, 2.75) is 10.4 Å². The first kappa shape index (κ1) is 17.2. The van der Waals surface area contributed by atoms with E-state index in [9.17, 15) is 9.18 Å². The summed E-state index contributed by atoms with van der Waals surface area (Å²) in [4.78, 5) is 18.4. The second-order valence-corrected chi connectivity index (χ2v) is 6.66. The summed E-state index contributed by atoms with van der Waals surface area (Å²) in [5.74, 6) is -0.0997. The number of rotatable bonds is 5. The van der Waals surface area contributed by atoms with Gasteiger partial charge >= 0.3 is 0 Å². The highest BCUT2D eigenvalue weighted by molar-refractivity contribution is 8.00. The fourth-order valence-electron chi connectivity index (χ4n) is 2.30. The summed E-state index contributed by atoms with van der Waals surface area (Å²) in [7, 11) is 3.42. The van der Waals surface area contributed by atoms with E-state index in [0.29, 0.717) is 16.5 Å². The molecule has 0 bridgehead atoms. The minimum absolute atomic E-state index is 0.0616. The average molecular weight is 356 g/mol. The third-order valence-corrected chi connectivity index (χ3v) is 4.69. The molecule has 0 unspecified atom stereocenters. The molecule has 128 valence electrons. The molecule has 3 rings (SSSR count). The highest BCUT2D eigenvalue weighted by atomic mass is 32.2. The van der Waals surface area contributed by atoms with E-state index >= 15 is 0 Å². The molecule has 1 amide bonds. The van der Waals surface area contributed by atoms with Crippen molar-refractivity contribution < 1.29 is 9.18 Å². The van der Waals surface area contributed by atoms with Crippen LogP contribution >= 0.6 is 11.8 Å². The standard InChI is InChI=1S/C18H17FN4OS/c1-23(2)17(24)15(12-8-4-3-5-9-12)25-18-20-16(21-22-18)13-10-6-7-11-14(13)19/h3-11,15H,1-2H3,(H,20,21,22)/t15-/m1/s1. The zero-order valence-corrected chi connectivity index (χ0v) is 14.6. The van der Waals surface area contributed by atoms with E-state index in [1.807, 2.05) is 30.3 Å². The van der Waals surface area contributed by atoms with Crippen LogP contribution in [0.25, 0.3) is 11.4 Å². The smallest absolute Gasteiger partial charge is 0.240 e. The number of hydrogen-bond donors (Lipinski definition) is 1. The topological polar surface area (TPSA) is 61.9 Å². The molecule has 1 N–H and O–H groups in total. The molecule has 0 spiro atoms. The fraction of sp³-hybridized carbons (Fsp3) is 0.167. The van der Waals surface area contributed by atoms with Gasteiger partial charge < -0.3 is 4.90 Å². The summed E-state index contributed by atoms with van der Waals surface area (Å²) in [6, 6.07) is 15.8. The van der Waals surface area contributed by atoms with Gasteiger partial charge in [-0.2, -0.15) is 0 Å². The third kappa shape index (κ3) is 3.88. The lowest BCUT2D eigenvalue weighted by molar-refractivity contribution is -0.128. The molecule has 0 aliphatic rings. The van der Waals surface area contributed by atoms with Crippen LogP contribution < -0.4 is 0 Å². The predicted octanol–water partition coefficient (Wildman–Crippen LogP) is 3.53. The lowest BCUT2D eigenvalue weighted by atomic mass is 10.1. The Morgan fingerprint density at radius 1 is 1.12 bits per heavy atom. The predicted molar refractivity (Wildman–Crippen MR) is 95.5 cm³/mol. The van der Waals surface area contributed by atoms with Gasteiger partial charge in [0, 0.05) is 14.1 Å². The van der Waals surface area contributed by atoms with E-state index in [0.717, 1.165) is 5.56 Å². The second-order valence-electron chi connectivity index (χ2n) is 5.59. The molecule has 2 aromatic carbocycles. The molecule has 1 atom stereocenters. The van der Waals surface area contributed by atoms with Crippen LogP contribution in [0.5, 0.6) is 0 Å². The molecule has 0 fully saturated rings. The Labute approximate surface area is 149 Å². The summed E-state index contributed by atoms with van der Waals surface area (Å²) in [6.07, 6.45) is 0. The molecule has 0 aliphatic carbocycles. The molecule has 1 heterocycles. The number of aromatic amines is 1. The summed E-state index contributed by atoms with van der Waals surface area (Å²) in [5.41, 5.74) is 1.21. The van der Waals surface area contributed by atoms with Crippen LogP contribution in [0.2, 0.25) is 0 Å². The number of thioether (sulfide) groups is 1. The maximum atomic E-state index is 13.9. The summed E-state index contributed by atoms with van der Waals surface area (Å²) in [6.45, 7) is 0. The van der Waals surface area contributed by atoms with Crippen LogP contribution in [-0.2, 0) is 4.79 Å². The first-order chi connectivity index (χ1) is 12.1. The van der Waals surface area contributed by atoms with E-state index in [2.05, 4.69) is 15.2 Å². The average Bonchev–Trinajstić information content (AvgIpc) is 3.08. The van der Waals surface area contributed by atoms with Gasteiger partial charge in [-0.15, -0.1) is 5.10 Å². The quantitative estimate of drug-likeness (QED) is 0.711. The zero-order valence-electron chi connectivity index (χ0n) is 13.8. The lowest BCUT2D eigenvalue weighted by Crippen LogP contribution is -2.26. The molecule has 25 heavy (non-hydrogen) atoms. The Kier molecular flexibility index (Phi) is 5.14. The fourth-order valence-corrected chi connectivity index (χ4v) is 3.36. The number of likely N-dealkylation sites (N-methyl/N-ethyl adjacent to an activating group) is 1. The van der Waals surface area contributed by atoms with Crippen LogP contribution in [0, 0.1) is 5.82 Å². The van der Waals surface area contributed by atoms with Gasteiger partial charge in [0.25, 0.3) is 0 Å². The molecule has 5 nitrogen and oxygen atoms in total. The summed E-state index contributed by atoms with van der Waals surface area (Å²) >= 11 is 1.23. The largest absolute Gasteiger partial charge is 0.348 e. The van der Waals surface area contributed by atoms with E-state index in [4.69, 9.17) is 0 Å². The van der Waals surface area contributed by atoms with Crippen LogP contribution in [-0.4, -0.2) is 40.1 Å². The van der Waals surface area contributed by atoms with Gasteiger partial charge in [-0.1, -0.05) is 54.2 Å². The molecular weight excluding hydrogens is 339 g/mol. The molecule has 3 aromatic rings. The monoisotopic (exact) mass is 356 g/mol. The number of nitrogens with one attached hydrogen (secondary N) is 1. The molecule has 0 radical (unpaired) electrons. The van der Waals surface area contributed by atoms with E-state index < -0.39 is 5.25 Å². The number of halogens is 1. The van der Waals surface area contributed by atoms with E-state index in [-0.39, 0.29) is 11.7 Å². The second kappa shape index (κ2) is 7.48. The van der Waals surface area contributed by atoms with Crippen molar-refractivity contribution in [2.24, 2.45) is 0 Å². The van der Waals surface area contributed by atoms with Crippen molar-refractivity contribution in [1.82, 2.24) is 20.1 Å². The van der Waals surface area contributed by atoms with Gasteiger partial charge in [0.1, 0.15) is 11.1 Å². The van der Waals surface area contributed by atoms with Crippen molar-refractivity contribution in [3.63, 3.8) is 0 Å². The minimum atomic E-state index is -0.472. The van der Waals surface area contributed by atoms with Crippen LogP contribution in [0.15, 0.2) is 59.8 Å².